The first kappa shape index (κ1) is 17.0. The topological polar surface area (TPSA) is 32.5 Å². The van der Waals surface area contributed by atoms with Crippen LogP contribution in [0.2, 0.25) is 0 Å². The summed E-state index contributed by atoms with van der Waals surface area (Å²) >= 11 is 0. The molecule has 0 aromatic heterocycles. The first-order valence-corrected chi connectivity index (χ1v) is 7.02. The van der Waals surface area contributed by atoms with Gasteiger partial charge in [-0.15, -0.1) is 0 Å². The Morgan fingerprint density at radius 3 is 2.10 bits per heavy atom. The second-order valence-corrected chi connectivity index (χ2v) is 5.29. The molecule has 5 heteroatoms. The fraction of sp³-hybridized carbons (Fsp3) is 0.600. The molecule has 2 N–H and O–H groups in total. The Bertz CT molecular complexity index is 390. The van der Waals surface area contributed by atoms with Crippen LogP contribution in [0, 0.1) is 11.6 Å². The highest BCUT2D eigenvalue weighted by atomic mass is 19.1. The van der Waals surface area contributed by atoms with Gasteiger partial charge in [0, 0.05) is 31.7 Å². The third-order valence-electron chi connectivity index (χ3n) is 3.28. The summed E-state index contributed by atoms with van der Waals surface area (Å²) in [4.78, 5) is 4.27. The lowest BCUT2D eigenvalue weighted by Gasteiger charge is -2.32. The molecule has 0 aliphatic heterocycles. The van der Waals surface area contributed by atoms with Crippen molar-refractivity contribution < 1.29 is 8.78 Å². The number of likely N-dealkylation sites (N-methyl/N-ethyl adjacent to an activating group) is 1. The number of nitrogens with zero attached hydrogens (tertiary/aromatic N) is 2. The Kier molecular flexibility index (Phi) is 7.05. The summed E-state index contributed by atoms with van der Waals surface area (Å²) in [5.74, 6) is -1.11. The van der Waals surface area contributed by atoms with Crippen molar-refractivity contribution in [2.75, 3.05) is 40.3 Å². The van der Waals surface area contributed by atoms with Crippen molar-refractivity contribution in [1.29, 1.82) is 0 Å². The number of benzene rings is 1. The van der Waals surface area contributed by atoms with Gasteiger partial charge in [-0.2, -0.15) is 0 Å². The molecule has 0 heterocycles. The van der Waals surface area contributed by atoms with E-state index in [9.17, 15) is 8.78 Å². The first-order chi connectivity index (χ1) is 9.47. The van der Waals surface area contributed by atoms with Crippen molar-refractivity contribution >= 4 is 0 Å². The van der Waals surface area contributed by atoms with E-state index in [4.69, 9.17) is 5.73 Å². The van der Waals surface area contributed by atoms with Crippen LogP contribution in [0.15, 0.2) is 18.2 Å². The Morgan fingerprint density at radius 2 is 1.65 bits per heavy atom. The van der Waals surface area contributed by atoms with Gasteiger partial charge in [0.2, 0.25) is 0 Å². The van der Waals surface area contributed by atoms with Crippen molar-refractivity contribution in [2.45, 2.75) is 19.4 Å². The molecule has 3 nitrogen and oxygen atoms in total. The van der Waals surface area contributed by atoms with Gasteiger partial charge in [-0.3, -0.25) is 4.90 Å². The highest BCUT2D eigenvalue weighted by Gasteiger charge is 2.19. The van der Waals surface area contributed by atoms with Crippen LogP contribution in [0.4, 0.5) is 8.78 Å². The Balaban J connectivity index is 2.93. The SMILES string of the molecule is CCCN(CCN(C)C)C(CN)c1cc(F)cc(F)c1. The Labute approximate surface area is 120 Å². The summed E-state index contributed by atoms with van der Waals surface area (Å²) in [6.45, 7) is 4.99. The Morgan fingerprint density at radius 1 is 1.05 bits per heavy atom. The fourth-order valence-corrected chi connectivity index (χ4v) is 2.30. The average Bonchev–Trinajstić information content (AvgIpc) is 2.35. The lowest BCUT2D eigenvalue weighted by Crippen LogP contribution is -2.38. The summed E-state index contributed by atoms with van der Waals surface area (Å²) < 4.78 is 26.8. The second-order valence-electron chi connectivity index (χ2n) is 5.29. The van der Waals surface area contributed by atoms with E-state index in [1.54, 1.807) is 0 Å². The molecule has 20 heavy (non-hydrogen) atoms. The molecule has 0 amide bonds. The van der Waals surface area contributed by atoms with Gasteiger partial charge in [0.1, 0.15) is 11.6 Å². The molecular formula is C15H25F2N3. The zero-order valence-corrected chi connectivity index (χ0v) is 12.6. The fourth-order valence-electron chi connectivity index (χ4n) is 2.30. The molecule has 0 spiro atoms. The first-order valence-electron chi connectivity index (χ1n) is 7.02. The number of hydrogen-bond donors (Lipinski definition) is 1. The van der Waals surface area contributed by atoms with E-state index in [-0.39, 0.29) is 6.04 Å². The maximum absolute atomic E-state index is 13.4. The summed E-state index contributed by atoms with van der Waals surface area (Å²) in [5, 5.41) is 0. The maximum Gasteiger partial charge on any atom is 0.126 e. The van der Waals surface area contributed by atoms with E-state index in [1.807, 2.05) is 14.1 Å². The molecule has 0 aliphatic rings. The average molecular weight is 285 g/mol. The van der Waals surface area contributed by atoms with E-state index >= 15 is 0 Å². The van der Waals surface area contributed by atoms with Crippen LogP contribution < -0.4 is 5.73 Å². The second kappa shape index (κ2) is 8.29. The quantitative estimate of drug-likeness (QED) is 0.795. The minimum absolute atomic E-state index is 0.153. The minimum Gasteiger partial charge on any atom is -0.329 e. The summed E-state index contributed by atoms with van der Waals surface area (Å²) in [7, 11) is 4.01. The standard InChI is InChI=1S/C15H25F2N3/c1-4-5-20(7-6-19(2)3)15(11-18)12-8-13(16)10-14(17)9-12/h8-10,15H,4-7,11,18H2,1-3H3. The molecule has 0 saturated carbocycles. The van der Waals surface area contributed by atoms with E-state index in [1.165, 1.54) is 12.1 Å². The van der Waals surface area contributed by atoms with E-state index in [0.717, 1.165) is 32.1 Å². The molecule has 0 saturated heterocycles. The molecule has 1 unspecified atom stereocenters. The van der Waals surface area contributed by atoms with E-state index in [0.29, 0.717) is 12.1 Å². The lowest BCUT2D eigenvalue weighted by atomic mass is 10.0. The highest BCUT2D eigenvalue weighted by molar-refractivity contribution is 5.22. The summed E-state index contributed by atoms with van der Waals surface area (Å²) in [6.07, 6.45) is 0.974. The van der Waals surface area contributed by atoms with Crippen LogP contribution in [0.1, 0.15) is 24.9 Å². The van der Waals surface area contributed by atoms with Gasteiger partial charge in [0.25, 0.3) is 0 Å². The van der Waals surface area contributed by atoms with Crippen molar-refractivity contribution in [3.63, 3.8) is 0 Å². The van der Waals surface area contributed by atoms with Crippen molar-refractivity contribution in [3.05, 3.63) is 35.4 Å². The Hall–Kier alpha value is -1.04. The number of hydrogen-bond acceptors (Lipinski definition) is 3. The molecule has 1 aromatic carbocycles. The molecular weight excluding hydrogens is 260 g/mol. The zero-order chi connectivity index (χ0) is 15.1. The van der Waals surface area contributed by atoms with Crippen LogP contribution in [-0.2, 0) is 0 Å². The largest absolute Gasteiger partial charge is 0.329 e. The predicted molar refractivity (Wildman–Crippen MR) is 78.6 cm³/mol. The van der Waals surface area contributed by atoms with Crippen LogP contribution >= 0.6 is 0 Å². The predicted octanol–water partition coefficient (Wildman–Crippen LogP) is 2.24. The molecule has 1 atom stereocenters. The number of rotatable bonds is 8. The van der Waals surface area contributed by atoms with Crippen LogP contribution in [-0.4, -0.2) is 50.1 Å². The van der Waals surface area contributed by atoms with E-state index in [2.05, 4.69) is 16.7 Å². The third kappa shape index (κ3) is 5.15. The molecule has 1 rings (SSSR count). The smallest absolute Gasteiger partial charge is 0.126 e. The van der Waals surface area contributed by atoms with Gasteiger partial charge in [0.05, 0.1) is 0 Å². The molecule has 1 aromatic rings. The normalized spacial score (nSPS) is 13.2. The zero-order valence-electron chi connectivity index (χ0n) is 12.6. The lowest BCUT2D eigenvalue weighted by molar-refractivity contribution is 0.182. The third-order valence-corrected chi connectivity index (χ3v) is 3.28. The van der Waals surface area contributed by atoms with Gasteiger partial charge in [0.15, 0.2) is 0 Å². The monoisotopic (exact) mass is 285 g/mol. The van der Waals surface area contributed by atoms with E-state index < -0.39 is 11.6 Å². The molecule has 114 valence electrons. The van der Waals surface area contributed by atoms with Crippen LogP contribution in [0.3, 0.4) is 0 Å². The van der Waals surface area contributed by atoms with Crippen LogP contribution in [0.25, 0.3) is 0 Å². The van der Waals surface area contributed by atoms with Gasteiger partial charge >= 0.3 is 0 Å². The molecule has 0 radical (unpaired) electrons. The maximum atomic E-state index is 13.4. The minimum atomic E-state index is -0.553. The summed E-state index contributed by atoms with van der Waals surface area (Å²) in [6, 6.07) is 3.49. The van der Waals surface area contributed by atoms with Crippen molar-refractivity contribution in [1.82, 2.24) is 9.80 Å². The number of nitrogens with two attached hydrogens (primary N) is 1. The van der Waals surface area contributed by atoms with Crippen molar-refractivity contribution in [2.24, 2.45) is 5.73 Å². The highest BCUT2D eigenvalue weighted by Crippen LogP contribution is 2.22. The van der Waals surface area contributed by atoms with Gasteiger partial charge in [-0.1, -0.05) is 6.92 Å². The summed E-state index contributed by atoms with van der Waals surface area (Å²) in [5.41, 5.74) is 6.45. The van der Waals surface area contributed by atoms with Crippen LogP contribution in [0.5, 0.6) is 0 Å². The van der Waals surface area contributed by atoms with Gasteiger partial charge in [-0.05, 0) is 44.8 Å². The van der Waals surface area contributed by atoms with Gasteiger partial charge in [-0.25, -0.2) is 8.78 Å². The molecule has 0 aliphatic carbocycles. The number of halogens is 2. The molecule has 0 bridgehead atoms. The van der Waals surface area contributed by atoms with Crippen molar-refractivity contribution in [3.8, 4) is 0 Å². The molecule has 0 fully saturated rings. The van der Waals surface area contributed by atoms with Gasteiger partial charge < -0.3 is 10.6 Å².